The molecule has 0 saturated carbocycles. The normalized spacial score (nSPS) is 11.0. The minimum Gasteiger partial charge on any atom is -0.455 e. The van der Waals surface area contributed by atoms with Crippen LogP contribution in [-0.4, -0.2) is 26.1 Å². The number of anilines is 5. The number of furan rings is 1. The van der Waals surface area contributed by atoms with E-state index in [4.69, 9.17) is 4.42 Å². The lowest BCUT2D eigenvalue weighted by atomic mass is 10.1. The van der Waals surface area contributed by atoms with Crippen molar-refractivity contribution < 1.29 is 9.34 Å². The Kier molecular flexibility index (Phi) is 7.96. The van der Waals surface area contributed by atoms with Crippen molar-refractivity contribution in [2.75, 3.05) is 16.1 Å². The second-order valence-corrected chi connectivity index (χ2v) is 9.98. The number of nitrogens with zero attached hydrogens (tertiary/aromatic N) is 5. The first-order valence-corrected chi connectivity index (χ1v) is 13.2. The Labute approximate surface area is 243 Å². The van der Waals surface area contributed by atoms with E-state index in [0.717, 1.165) is 26.1 Å². The molecule has 5 rings (SSSR count). The van der Waals surface area contributed by atoms with Gasteiger partial charge in [-0.25, -0.2) is 5.43 Å². The Morgan fingerprint density at radius 1 is 0.825 bits per heavy atom. The van der Waals surface area contributed by atoms with Crippen LogP contribution in [0.5, 0.6) is 0 Å². The summed E-state index contributed by atoms with van der Waals surface area (Å²) in [4.78, 5) is 23.8. The third kappa shape index (κ3) is 6.77. The minimum atomic E-state index is -0.458. The molecule has 0 fully saturated rings. The van der Waals surface area contributed by atoms with Gasteiger partial charge in [0.25, 0.3) is 5.69 Å². The van der Waals surface area contributed by atoms with Gasteiger partial charge in [0.15, 0.2) is 0 Å². The lowest BCUT2D eigenvalue weighted by molar-refractivity contribution is -0.384. The number of nitro benzene ring substituents is 1. The molecule has 0 radical (unpaired) electrons. The van der Waals surface area contributed by atoms with Crippen LogP contribution in [0.3, 0.4) is 0 Å². The molecule has 0 saturated heterocycles. The number of nitrogens with one attached hydrogen (secondary N) is 3. The Morgan fingerprint density at radius 2 is 1.48 bits per heavy atom. The number of non-ortho nitro benzene ring substituents is 1. The molecule has 3 N–H and O–H groups in total. The molecular weight excluding hydrogens is 623 g/mol. The average Bonchev–Trinajstić information content (AvgIpc) is 3.40. The molecule has 0 amide bonds. The molecule has 2 aromatic heterocycles. The molecule has 3 aromatic carbocycles. The summed E-state index contributed by atoms with van der Waals surface area (Å²) in [5.74, 6) is 1.94. The second-order valence-electron chi connectivity index (χ2n) is 8.74. The Morgan fingerprint density at radius 3 is 2.15 bits per heavy atom. The van der Waals surface area contributed by atoms with Crippen LogP contribution in [0, 0.1) is 27.5 Å². The number of rotatable bonds is 9. The number of nitro groups is 1. The summed E-state index contributed by atoms with van der Waals surface area (Å²) in [6.07, 6.45) is 1.53. The number of halogens is 1. The van der Waals surface area contributed by atoms with Crippen molar-refractivity contribution in [3.05, 3.63) is 109 Å². The van der Waals surface area contributed by atoms with Gasteiger partial charge in [0, 0.05) is 32.6 Å². The lowest BCUT2D eigenvalue weighted by Crippen LogP contribution is -2.07. The van der Waals surface area contributed by atoms with E-state index < -0.39 is 4.92 Å². The molecule has 0 aliphatic carbocycles. The van der Waals surface area contributed by atoms with E-state index in [1.807, 2.05) is 68.4 Å². The van der Waals surface area contributed by atoms with E-state index in [1.54, 1.807) is 12.1 Å². The van der Waals surface area contributed by atoms with Gasteiger partial charge in [-0.05, 0) is 96.1 Å². The van der Waals surface area contributed by atoms with Crippen molar-refractivity contribution in [2.24, 2.45) is 5.10 Å². The van der Waals surface area contributed by atoms with E-state index in [1.165, 1.54) is 23.9 Å². The van der Waals surface area contributed by atoms with Crippen LogP contribution in [0.15, 0.2) is 88.4 Å². The fourth-order valence-corrected chi connectivity index (χ4v) is 3.99. The summed E-state index contributed by atoms with van der Waals surface area (Å²) >= 11 is 2.26. The van der Waals surface area contributed by atoms with Gasteiger partial charge >= 0.3 is 0 Å². The maximum absolute atomic E-state index is 11.0. The molecule has 0 spiro atoms. The maximum atomic E-state index is 11.0. The molecule has 0 aliphatic heterocycles. The minimum absolute atomic E-state index is 0.0157. The van der Waals surface area contributed by atoms with Crippen LogP contribution in [0.25, 0.3) is 11.3 Å². The highest BCUT2D eigenvalue weighted by molar-refractivity contribution is 14.1. The first-order chi connectivity index (χ1) is 19.3. The Balaban J connectivity index is 1.36. The van der Waals surface area contributed by atoms with Gasteiger partial charge in [-0.3, -0.25) is 10.1 Å². The van der Waals surface area contributed by atoms with Crippen LogP contribution < -0.4 is 16.1 Å². The smallest absolute Gasteiger partial charge is 0.269 e. The Bertz CT molecular complexity index is 1690. The van der Waals surface area contributed by atoms with Crippen LogP contribution in [0.2, 0.25) is 0 Å². The van der Waals surface area contributed by atoms with Crippen LogP contribution in [0.1, 0.15) is 16.9 Å². The van der Waals surface area contributed by atoms with E-state index >= 15 is 0 Å². The first kappa shape index (κ1) is 26.7. The highest BCUT2D eigenvalue weighted by atomic mass is 127. The largest absolute Gasteiger partial charge is 0.455 e. The van der Waals surface area contributed by atoms with Gasteiger partial charge in [-0.1, -0.05) is 18.2 Å². The number of aromatic nitrogens is 3. The van der Waals surface area contributed by atoms with E-state index in [-0.39, 0.29) is 23.5 Å². The fraction of sp³-hybridized carbons (Fsp3) is 0.0714. The predicted octanol–water partition coefficient (Wildman–Crippen LogP) is 7.19. The molecule has 0 unspecified atom stereocenters. The summed E-state index contributed by atoms with van der Waals surface area (Å²) in [5, 5.41) is 21.5. The third-order valence-electron chi connectivity index (χ3n) is 5.84. The van der Waals surface area contributed by atoms with Crippen molar-refractivity contribution in [1.82, 2.24) is 15.0 Å². The fourth-order valence-electron chi connectivity index (χ4n) is 3.63. The second kappa shape index (κ2) is 11.9. The zero-order chi connectivity index (χ0) is 28.1. The van der Waals surface area contributed by atoms with Crippen molar-refractivity contribution in [2.45, 2.75) is 13.8 Å². The number of hydrazone groups is 1. The average molecular weight is 646 g/mol. The lowest BCUT2D eigenvalue weighted by Gasteiger charge is -2.11. The van der Waals surface area contributed by atoms with E-state index in [9.17, 15) is 10.1 Å². The van der Waals surface area contributed by atoms with Crippen LogP contribution >= 0.6 is 22.6 Å². The van der Waals surface area contributed by atoms with Crippen molar-refractivity contribution in [3.63, 3.8) is 0 Å². The topological polar surface area (TPSA) is 143 Å². The highest BCUT2D eigenvalue weighted by Crippen LogP contribution is 2.24. The van der Waals surface area contributed by atoms with Gasteiger partial charge in [0.1, 0.15) is 11.5 Å². The summed E-state index contributed by atoms with van der Waals surface area (Å²) in [7, 11) is 0. The molecule has 5 aromatic rings. The van der Waals surface area contributed by atoms with Gasteiger partial charge < -0.3 is 15.1 Å². The van der Waals surface area contributed by atoms with Crippen LogP contribution in [-0.2, 0) is 0 Å². The Hall–Kier alpha value is -4.85. The maximum Gasteiger partial charge on any atom is 0.269 e. The molecule has 12 heteroatoms. The summed E-state index contributed by atoms with van der Waals surface area (Å²) in [6.45, 7) is 4.06. The standard InChI is InChI=1S/C28H23IN8O3/c1-17-3-8-22(15-18(17)2)32-27-33-26(31-21-9-11-23(12-10-21)37(38)39)34-28(35-27)36-30-16-24-13-14-25(40-24)19-4-6-20(29)7-5-19/h3-16H,1-2H3,(H3,31,32,33,34,35,36)/b30-16+. The summed E-state index contributed by atoms with van der Waals surface area (Å²) < 4.78 is 7.03. The van der Waals surface area contributed by atoms with E-state index in [2.05, 4.69) is 58.7 Å². The van der Waals surface area contributed by atoms with E-state index in [0.29, 0.717) is 11.4 Å². The SMILES string of the molecule is Cc1ccc(Nc2nc(N/N=C/c3ccc(-c4ccc(I)cc4)o3)nc(Nc3ccc([N+](=O)[O-])cc3)n2)cc1C. The molecule has 40 heavy (non-hydrogen) atoms. The van der Waals surface area contributed by atoms with Crippen molar-refractivity contribution >= 4 is 63.7 Å². The van der Waals surface area contributed by atoms with Crippen molar-refractivity contribution in [1.29, 1.82) is 0 Å². The monoisotopic (exact) mass is 646 g/mol. The van der Waals surface area contributed by atoms with Crippen molar-refractivity contribution in [3.8, 4) is 11.3 Å². The van der Waals surface area contributed by atoms with Gasteiger partial charge in [0.2, 0.25) is 17.8 Å². The summed E-state index contributed by atoms with van der Waals surface area (Å²) in [6, 6.07) is 23.6. The molecular formula is C28H23IN8O3. The molecule has 0 bridgehead atoms. The first-order valence-electron chi connectivity index (χ1n) is 12.1. The predicted molar refractivity (Wildman–Crippen MR) is 163 cm³/mol. The van der Waals surface area contributed by atoms with Gasteiger partial charge in [-0.15, -0.1) is 0 Å². The van der Waals surface area contributed by atoms with Gasteiger partial charge in [-0.2, -0.15) is 20.1 Å². The zero-order valence-corrected chi connectivity index (χ0v) is 23.6. The third-order valence-corrected chi connectivity index (χ3v) is 6.56. The zero-order valence-electron chi connectivity index (χ0n) is 21.4. The number of aryl methyl sites for hydroxylation is 2. The molecule has 0 aliphatic rings. The molecule has 200 valence electrons. The highest BCUT2D eigenvalue weighted by Gasteiger charge is 2.10. The van der Waals surface area contributed by atoms with Crippen LogP contribution in [0.4, 0.5) is 34.9 Å². The number of hydrogen-bond donors (Lipinski definition) is 3. The molecule has 11 nitrogen and oxygen atoms in total. The summed E-state index contributed by atoms with van der Waals surface area (Å²) in [5.41, 5.74) is 7.44. The number of benzene rings is 3. The number of hydrogen-bond acceptors (Lipinski definition) is 10. The molecule has 0 atom stereocenters. The quantitative estimate of drug-likeness (QED) is 0.0656. The van der Waals surface area contributed by atoms with Gasteiger partial charge in [0.05, 0.1) is 11.1 Å². The molecule has 2 heterocycles.